The van der Waals surface area contributed by atoms with E-state index in [0.717, 1.165) is 29.5 Å². The quantitative estimate of drug-likeness (QED) is 0.575. The third kappa shape index (κ3) is 5.48. The molecule has 2 amide bonds. The number of amides is 2. The average molecular weight is 390 g/mol. The van der Waals surface area contributed by atoms with Crippen molar-refractivity contribution < 1.29 is 9.59 Å². The maximum Gasteiger partial charge on any atom is 0.227 e. The van der Waals surface area contributed by atoms with Gasteiger partial charge in [-0.1, -0.05) is 13.0 Å². The average Bonchev–Trinajstić information content (AvgIpc) is 3.08. The van der Waals surface area contributed by atoms with Crippen LogP contribution in [0.25, 0.3) is 0 Å². The second-order valence-corrected chi connectivity index (χ2v) is 8.66. The van der Waals surface area contributed by atoms with Crippen LogP contribution in [-0.2, 0) is 9.59 Å². The van der Waals surface area contributed by atoms with E-state index in [4.69, 9.17) is 0 Å². The topological polar surface area (TPSA) is 52.7 Å². The van der Waals surface area contributed by atoms with E-state index in [1.165, 1.54) is 25.9 Å². The Hall–Kier alpha value is -1.53. The fourth-order valence-corrected chi connectivity index (χ4v) is 4.31. The molecule has 0 unspecified atom stereocenters. The van der Waals surface area contributed by atoms with Crippen LogP contribution in [-0.4, -0.2) is 55.7 Å². The lowest BCUT2D eigenvalue weighted by Crippen LogP contribution is -2.37. The lowest BCUT2D eigenvalue weighted by molar-refractivity contribution is -0.126. The number of rotatable bonds is 7. The van der Waals surface area contributed by atoms with Gasteiger partial charge in [-0.05, 0) is 69.3 Å². The third-order valence-corrected chi connectivity index (χ3v) is 6.41. The van der Waals surface area contributed by atoms with Crippen molar-refractivity contribution in [3.8, 4) is 0 Å². The zero-order chi connectivity index (χ0) is 19.2. The normalized spacial score (nSPS) is 21.6. The monoisotopic (exact) mass is 389 g/mol. The summed E-state index contributed by atoms with van der Waals surface area (Å²) in [6.07, 6.45) is 5.86. The van der Waals surface area contributed by atoms with Gasteiger partial charge in [0, 0.05) is 30.1 Å². The van der Waals surface area contributed by atoms with Gasteiger partial charge in [0.1, 0.15) is 0 Å². The molecule has 2 fully saturated rings. The number of thioether (sulfide) groups is 1. The van der Waals surface area contributed by atoms with E-state index in [1.54, 1.807) is 16.7 Å². The molecule has 2 aliphatic heterocycles. The van der Waals surface area contributed by atoms with Crippen molar-refractivity contribution in [3.05, 3.63) is 24.3 Å². The van der Waals surface area contributed by atoms with E-state index in [1.807, 2.05) is 30.5 Å². The van der Waals surface area contributed by atoms with E-state index in [0.29, 0.717) is 19.5 Å². The van der Waals surface area contributed by atoms with Crippen LogP contribution in [0.15, 0.2) is 29.2 Å². The molecule has 2 saturated heterocycles. The van der Waals surface area contributed by atoms with Crippen molar-refractivity contribution in [2.24, 2.45) is 11.8 Å². The largest absolute Gasteiger partial charge is 0.356 e. The van der Waals surface area contributed by atoms with Gasteiger partial charge in [-0.15, -0.1) is 11.8 Å². The standard InChI is InChI=1S/C21H31N3O2S/c1-16-7-11-23(12-8-16)10-4-9-22-21(26)17-13-20(25)24(15-17)18-5-3-6-19(14-18)27-2/h3,5-6,14,16-17H,4,7-13,15H2,1-2H3,(H,22,26)/t17-/m1/s1. The lowest BCUT2D eigenvalue weighted by Gasteiger charge is -2.30. The molecule has 6 heteroatoms. The van der Waals surface area contributed by atoms with Crippen LogP contribution in [0.2, 0.25) is 0 Å². The predicted molar refractivity (Wildman–Crippen MR) is 111 cm³/mol. The molecule has 2 heterocycles. The molecule has 0 aliphatic carbocycles. The number of benzene rings is 1. The number of hydrogen-bond donors (Lipinski definition) is 1. The number of nitrogens with zero attached hydrogens (tertiary/aromatic N) is 2. The van der Waals surface area contributed by atoms with Gasteiger partial charge in [0.05, 0.1) is 5.92 Å². The Morgan fingerprint density at radius 1 is 1.30 bits per heavy atom. The minimum atomic E-state index is -0.244. The molecule has 1 aromatic carbocycles. The van der Waals surface area contributed by atoms with Crippen LogP contribution >= 0.6 is 11.8 Å². The summed E-state index contributed by atoms with van der Waals surface area (Å²) in [6, 6.07) is 7.95. The maximum atomic E-state index is 12.5. The summed E-state index contributed by atoms with van der Waals surface area (Å²) in [4.78, 5) is 30.2. The SMILES string of the molecule is CSc1cccc(N2C[C@H](C(=O)NCCCN3CCC(C)CC3)CC2=O)c1. The van der Waals surface area contributed by atoms with Crippen LogP contribution in [0.1, 0.15) is 32.6 Å². The summed E-state index contributed by atoms with van der Waals surface area (Å²) in [5, 5.41) is 3.04. The Morgan fingerprint density at radius 3 is 2.81 bits per heavy atom. The lowest BCUT2D eigenvalue weighted by atomic mass is 9.99. The van der Waals surface area contributed by atoms with Crippen molar-refractivity contribution >= 4 is 29.3 Å². The third-order valence-electron chi connectivity index (χ3n) is 5.69. The Kier molecular flexibility index (Phi) is 7.19. The highest BCUT2D eigenvalue weighted by Crippen LogP contribution is 2.28. The highest BCUT2D eigenvalue weighted by atomic mass is 32.2. The summed E-state index contributed by atoms with van der Waals surface area (Å²) in [5.74, 6) is 0.654. The van der Waals surface area contributed by atoms with Crippen LogP contribution in [0, 0.1) is 11.8 Å². The summed E-state index contributed by atoms with van der Waals surface area (Å²) >= 11 is 1.65. The first kappa shape index (κ1) is 20.2. The Labute approximate surface area is 166 Å². The van der Waals surface area contributed by atoms with E-state index < -0.39 is 0 Å². The first-order chi connectivity index (χ1) is 13.1. The summed E-state index contributed by atoms with van der Waals surface area (Å²) in [5.41, 5.74) is 0.890. The van der Waals surface area contributed by atoms with Gasteiger partial charge < -0.3 is 15.1 Å². The van der Waals surface area contributed by atoms with Crippen LogP contribution in [0.4, 0.5) is 5.69 Å². The molecule has 2 aliphatic rings. The van der Waals surface area contributed by atoms with Crippen LogP contribution in [0.5, 0.6) is 0 Å². The zero-order valence-corrected chi connectivity index (χ0v) is 17.3. The Balaban J connectivity index is 1.42. The van der Waals surface area contributed by atoms with E-state index in [9.17, 15) is 9.59 Å². The summed E-state index contributed by atoms with van der Waals surface area (Å²) < 4.78 is 0. The fourth-order valence-electron chi connectivity index (χ4n) is 3.86. The molecule has 3 rings (SSSR count). The van der Waals surface area contributed by atoms with Gasteiger partial charge in [-0.25, -0.2) is 0 Å². The molecule has 0 aromatic heterocycles. The van der Waals surface area contributed by atoms with E-state index in [-0.39, 0.29) is 17.7 Å². The maximum absolute atomic E-state index is 12.5. The van der Waals surface area contributed by atoms with Gasteiger partial charge >= 0.3 is 0 Å². The second kappa shape index (κ2) is 9.60. The molecule has 27 heavy (non-hydrogen) atoms. The summed E-state index contributed by atoms with van der Waals surface area (Å²) in [7, 11) is 0. The first-order valence-electron chi connectivity index (χ1n) is 10.0. The zero-order valence-electron chi connectivity index (χ0n) is 16.4. The van der Waals surface area contributed by atoms with Gasteiger partial charge in [0.25, 0.3) is 0 Å². The van der Waals surface area contributed by atoms with E-state index >= 15 is 0 Å². The number of carbonyl (C=O) groups excluding carboxylic acids is 2. The first-order valence-corrected chi connectivity index (χ1v) is 11.2. The second-order valence-electron chi connectivity index (χ2n) is 7.78. The number of anilines is 1. The van der Waals surface area contributed by atoms with E-state index in [2.05, 4.69) is 17.1 Å². The highest BCUT2D eigenvalue weighted by Gasteiger charge is 2.35. The van der Waals surface area contributed by atoms with Crippen molar-refractivity contribution in [3.63, 3.8) is 0 Å². The molecule has 148 valence electrons. The van der Waals surface area contributed by atoms with Crippen molar-refractivity contribution in [1.29, 1.82) is 0 Å². The van der Waals surface area contributed by atoms with Gasteiger partial charge in [0.2, 0.25) is 11.8 Å². The van der Waals surface area contributed by atoms with Crippen LogP contribution in [0.3, 0.4) is 0 Å². The molecule has 0 spiro atoms. The van der Waals surface area contributed by atoms with Crippen molar-refractivity contribution in [2.45, 2.75) is 37.5 Å². The minimum absolute atomic E-state index is 0.0131. The number of likely N-dealkylation sites (tertiary alicyclic amines) is 1. The highest BCUT2D eigenvalue weighted by molar-refractivity contribution is 7.98. The molecular formula is C21H31N3O2S. The van der Waals surface area contributed by atoms with Crippen LogP contribution < -0.4 is 10.2 Å². The van der Waals surface area contributed by atoms with Gasteiger partial charge in [0.15, 0.2) is 0 Å². The predicted octanol–water partition coefficient (Wildman–Crippen LogP) is 3.00. The molecule has 0 saturated carbocycles. The molecular weight excluding hydrogens is 358 g/mol. The van der Waals surface area contributed by atoms with Gasteiger partial charge in [-0.2, -0.15) is 0 Å². The number of carbonyl (C=O) groups is 2. The minimum Gasteiger partial charge on any atom is -0.356 e. The molecule has 1 N–H and O–H groups in total. The Bertz CT molecular complexity index is 659. The molecule has 0 radical (unpaired) electrons. The Morgan fingerprint density at radius 2 is 2.07 bits per heavy atom. The molecule has 1 atom stereocenters. The molecule has 5 nitrogen and oxygen atoms in total. The van der Waals surface area contributed by atoms with Gasteiger partial charge in [-0.3, -0.25) is 9.59 Å². The van der Waals surface area contributed by atoms with Crippen molar-refractivity contribution in [2.75, 3.05) is 43.9 Å². The molecule has 0 bridgehead atoms. The number of nitrogens with one attached hydrogen (secondary N) is 1. The van der Waals surface area contributed by atoms with Crippen molar-refractivity contribution in [1.82, 2.24) is 10.2 Å². The number of piperidine rings is 1. The fraction of sp³-hybridized carbons (Fsp3) is 0.619. The number of hydrogen-bond acceptors (Lipinski definition) is 4. The summed E-state index contributed by atoms with van der Waals surface area (Å²) in [6.45, 7) is 6.89. The smallest absolute Gasteiger partial charge is 0.227 e. The molecule has 1 aromatic rings.